The number of aryl methyl sites for hydroxylation is 2. The summed E-state index contributed by atoms with van der Waals surface area (Å²) in [6.45, 7) is 3.63. The number of Topliss-reactive ketones (excluding diaryl/α,β-unsaturated/α-hetero) is 2. The summed E-state index contributed by atoms with van der Waals surface area (Å²) in [6.07, 6.45) is 1.34. The molecular formula is C15H14O3. The zero-order valence-corrected chi connectivity index (χ0v) is 10.4. The molecule has 3 nitrogen and oxygen atoms in total. The van der Waals surface area contributed by atoms with Crippen molar-refractivity contribution in [1.82, 2.24) is 0 Å². The van der Waals surface area contributed by atoms with Gasteiger partial charge < -0.3 is 4.42 Å². The third-order valence-corrected chi connectivity index (χ3v) is 2.82. The highest BCUT2D eigenvalue weighted by molar-refractivity contribution is 6.13. The first kappa shape index (κ1) is 12.3. The summed E-state index contributed by atoms with van der Waals surface area (Å²) in [4.78, 5) is 23.9. The first-order chi connectivity index (χ1) is 8.58. The highest BCUT2D eigenvalue weighted by Gasteiger charge is 2.16. The predicted molar refractivity (Wildman–Crippen MR) is 67.9 cm³/mol. The Labute approximate surface area is 105 Å². The first-order valence-electron chi connectivity index (χ1n) is 5.75. The maximum Gasteiger partial charge on any atom is 0.174 e. The van der Waals surface area contributed by atoms with Gasteiger partial charge in [-0.1, -0.05) is 23.8 Å². The molecule has 0 saturated heterocycles. The van der Waals surface area contributed by atoms with Gasteiger partial charge in [-0.15, -0.1) is 0 Å². The number of hydrogen-bond donors (Lipinski definition) is 0. The molecule has 0 spiro atoms. The Morgan fingerprint density at radius 2 is 1.89 bits per heavy atom. The van der Waals surface area contributed by atoms with Gasteiger partial charge in [0.05, 0.1) is 18.2 Å². The highest BCUT2D eigenvalue weighted by atomic mass is 16.3. The van der Waals surface area contributed by atoms with E-state index in [4.69, 9.17) is 4.42 Å². The maximum absolute atomic E-state index is 12.0. The number of rotatable bonds is 4. The lowest BCUT2D eigenvalue weighted by Gasteiger charge is -2.01. The Kier molecular flexibility index (Phi) is 3.42. The van der Waals surface area contributed by atoms with Crippen LogP contribution in [0.25, 0.3) is 0 Å². The molecule has 1 aromatic heterocycles. The number of hydrogen-bond acceptors (Lipinski definition) is 3. The summed E-state index contributed by atoms with van der Waals surface area (Å²) in [7, 11) is 0. The van der Waals surface area contributed by atoms with Crippen LogP contribution in [0.4, 0.5) is 0 Å². The fourth-order valence-electron chi connectivity index (χ4n) is 1.84. The smallest absolute Gasteiger partial charge is 0.174 e. The molecule has 92 valence electrons. The van der Waals surface area contributed by atoms with Gasteiger partial charge in [-0.25, -0.2) is 0 Å². The van der Waals surface area contributed by atoms with Crippen molar-refractivity contribution in [1.29, 1.82) is 0 Å². The predicted octanol–water partition coefficient (Wildman–Crippen LogP) is 3.35. The van der Waals surface area contributed by atoms with Crippen LogP contribution in [-0.2, 0) is 0 Å². The second kappa shape index (κ2) is 5.00. The third-order valence-electron chi connectivity index (χ3n) is 2.82. The standard InChI is InChI=1S/C15H14O3/c1-10-4-3-5-12(8-10)14(16)9-15(17)13-6-7-18-11(13)2/h3-8H,9H2,1-2H3. The number of carbonyl (C=O) groups is 2. The highest BCUT2D eigenvalue weighted by Crippen LogP contribution is 2.14. The summed E-state index contributed by atoms with van der Waals surface area (Å²) >= 11 is 0. The van der Waals surface area contributed by atoms with E-state index in [1.54, 1.807) is 25.1 Å². The van der Waals surface area contributed by atoms with Crippen LogP contribution in [0, 0.1) is 13.8 Å². The van der Waals surface area contributed by atoms with Crippen LogP contribution >= 0.6 is 0 Å². The quantitative estimate of drug-likeness (QED) is 0.610. The molecule has 0 fully saturated rings. The minimum absolute atomic E-state index is 0.121. The topological polar surface area (TPSA) is 47.3 Å². The second-order valence-electron chi connectivity index (χ2n) is 4.28. The average molecular weight is 242 g/mol. The van der Waals surface area contributed by atoms with Crippen molar-refractivity contribution in [2.45, 2.75) is 20.3 Å². The molecule has 3 heteroatoms. The normalized spacial score (nSPS) is 10.3. The van der Waals surface area contributed by atoms with Crippen LogP contribution in [0.2, 0.25) is 0 Å². The number of ketones is 2. The molecule has 0 bridgehead atoms. The Morgan fingerprint density at radius 3 is 2.50 bits per heavy atom. The van der Waals surface area contributed by atoms with Gasteiger partial charge in [-0.2, -0.15) is 0 Å². The fourth-order valence-corrected chi connectivity index (χ4v) is 1.84. The van der Waals surface area contributed by atoms with Crippen molar-refractivity contribution in [2.75, 3.05) is 0 Å². The van der Waals surface area contributed by atoms with E-state index in [1.807, 2.05) is 19.1 Å². The Morgan fingerprint density at radius 1 is 1.11 bits per heavy atom. The van der Waals surface area contributed by atoms with Crippen LogP contribution in [0.3, 0.4) is 0 Å². The van der Waals surface area contributed by atoms with Crippen molar-refractivity contribution in [3.8, 4) is 0 Å². The van der Waals surface area contributed by atoms with Crippen LogP contribution in [-0.4, -0.2) is 11.6 Å². The van der Waals surface area contributed by atoms with E-state index in [1.165, 1.54) is 6.26 Å². The largest absolute Gasteiger partial charge is 0.469 e. The number of carbonyl (C=O) groups excluding carboxylic acids is 2. The van der Waals surface area contributed by atoms with E-state index >= 15 is 0 Å². The Bertz CT molecular complexity index is 593. The molecule has 1 aromatic carbocycles. The molecule has 0 aliphatic carbocycles. The van der Waals surface area contributed by atoms with E-state index in [-0.39, 0.29) is 18.0 Å². The summed E-state index contributed by atoms with van der Waals surface area (Å²) in [6, 6.07) is 8.85. The fraction of sp³-hybridized carbons (Fsp3) is 0.200. The molecule has 0 N–H and O–H groups in total. The Hall–Kier alpha value is -2.16. The van der Waals surface area contributed by atoms with E-state index in [9.17, 15) is 9.59 Å². The molecule has 0 unspecified atom stereocenters. The lowest BCUT2D eigenvalue weighted by atomic mass is 10.0. The monoisotopic (exact) mass is 242 g/mol. The van der Waals surface area contributed by atoms with Crippen LogP contribution in [0.5, 0.6) is 0 Å². The van der Waals surface area contributed by atoms with Gasteiger partial charge >= 0.3 is 0 Å². The van der Waals surface area contributed by atoms with Gasteiger partial charge in [0.15, 0.2) is 11.6 Å². The van der Waals surface area contributed by atoms with Gasteiger partial charge in [0.1, 0.15) is 5.76 Å². The molecule has 0 amide bonds. The van der Waals surface area contributed by atoms with Crippen LogP contribution in [0.15, 0.2) is 41.0 Å². The zero-order valence-electron chi connectivity index (χ0n) is 10.4. The minimum Gasteiger partial charge on any atom is -0.469 e. The molecule has 0 aliphatic rings. The van der Waals surface area contributed by atoms with Crippen molar-refractivity contribution in [3.05, 3.63) is 59.0 Å². The van der Waals surface area contributed by atoms with Gasteiger partial charge in [0.2, 0.25) is 0 Å². The molecule has 18 heavy (non-hydrogen) atoms. The molecular weight excluding hydrogens is 228 g/mol. The second-order valence-corrected chi connectivity index (χ2v) is 4.28. The van der Waals surface area contributed by atoms with Gasteiger partial charge in [0.25, 0.3) is 0 Å². The van der Waals surface area contributed by atoms with Gasteiger partial charge in [-0.05, 0) is 26.0 Å². The molecule has 1 heterocycles. The van der Waals surface area contributed by atoms with E-state index in [0.29, 0.717) is 16.9 Å². The zero-order chi connectivity index (χ0) is 13.1. The maximum atomic E-state index is 12.0. The molecule has 0 saturated carbocycles. The number of furan rings is 1. The van der Waals surface area contributed by atoms with Crippen LogP contribution < -0.4 is 0 Å². The van der Waals surface area contributed by atoms with Crippen molar-refractivity contribution in [2.24, 2.45) is 0 Å². The summed E-state index contributed by atoms with van der Waals surface area (Å²) in [5.74, 6) is 0.189. The summed E-state index contributed by atoms with van der Waals surface area (Å²) in [5, 5.41) is 0. The van der Waals surface area contributed by atoms with Crippen molar-refractivity contribution < 1.29 is 14.0 Å². The molecule has 2 aromatic rings. The summed E-state index contributed by atoms with van der Waals surface area (Å²) in [5.41, 5.74) is 2.06. The third kappa shape index (κ3) is 2.56. The molecule has 0 atom stereocenters. The Balaban J connectivity index is 2.13. The van der Waals surface area contributed by atoms with Gasteiger partial charge in [0, 0.05) is 5.56 Å². The van der Waals surface area contributed by atoms with Crippen LogP contribution in [0.1, 0.15) is 38.5 Å². The molecule has 2 rings (SSSR count). The van der Waals surface area contributed by atoms with E-state index in [2.05, 4.69) is 0 Å². The summed E-state index contributed by atoms with van der Waals surface area (Å²) < 4.78 is 5.06. The average Bonchev–Trinajstić information content (AvgIpc) is 2.75. The SMILES string of the molecule is Cc1cccc(C(=O)CC(=O)c2ccoc2C)c1. The molecule has 0 aliphatic heterocycles. The number of benzene rings is 1. The lowest BCUT2D eigenvalue weighted by Crippen LogP contribution is -2.09. The first-order valence-corrected chi connectivity index (χ1v) is 5.75. The van der Waals surface area contributed by atoms with E-state index < -0.39 is 0 Å². The van der Waals surface area contributed by atoms with Gasteiger partial charge in [-0.3, -0.25) is 9.59 Å². The van der Waals surface area contributed by atoms with E-state index in [0.717, 1.165) is 5.56 Å². The lowest BCUT2D eigenvalue weighted by molar-refractivity contribution is 0.0893. The van der Waals surface area contributed by atoms with Crippen molar-refractivity contribution >= 4 is 11.6 Å². The van der Waals surface area contributed by atoms with Crippen molar-refractivity contribution in [3.63, 3.8) is 0 Å². The molecule has 0 radical (unpaired) electrons. The minimum atomic E-state index is -0.201.